The number of amides is 1. The van der Waals surface area contributed by atoms with Crippen LogP contribution in [0.3, 0.4) is 0 Å². The van der Waals surface area contributed by atoms with Crippen LogP contribution < -0.4 is 0 Å². The predicted octanol–water partition coefficient (Wildman–Crippen LogP) is 1.12. The Hall–Kier alpha value is -1.03. The van der Waals surface area contributed by atoms with Crippen molar-refractivity contribution in [3.05, 3.63) is 18.2 Å². The molecule has 0 atom stereocenters. The molecule has 0 aliphatic carbocycles. The van der Waals surface area contributed by atoms with Gasteiger partial charge in [-0.25, -0.2) is 4.98 Å². The first kappa shape index (κ1) is 11.0. The number of imidazole rings is 1. The Morgan fingerprint density at radius 3 is 2.86 bits per heavy atom. The van der Waals surface area contributed by atoms with E-state index in [0.29, 0.717) is 24.7 Å². The van der Waals surface area contributed by atoms with Crippen LogP contribution in [0.5, 0.6) is 0 Å². The molecule has 4 nitrogen and oxygen atoms in total. The van der Waals surface area contributed by atoms with Crippen molar-refractivity contribution < 1.29 is 4.79 Å². The van der Waals surface area contributed by atoms with Gasteiger partial charge in [0.05, 0.1) is 12.5 Å². The fourth-order valence-electron chi connectivity index (χ4n) is 1.23. The molecular formula is C9H14ClN3O. The van der Waals surface area contributed by atoms with Crippen LogP contribution in [0, 0.1) is 0 Å². The summed E-state index contributed by atoms with van der Waals surface area (Å²) in [7, 11) is 1.80. The summed E-state index contributed by atoms with van der Waals surface area (Å²) in [5.74, 6) is 0.436. The van der Waals surface area contributed by atoms with Gasteiger partial charge in [-0.05, 0) is 6.92 Å². The van der Waals surface area contributed by atoms with Gasteiger partial charge in [0, 0.05) is 26.0 Å². The molecule has 0 saturated heterocycles. The average molecular weight is 216 g/mol. The third kappa shape index (κ3) is 2.26. The van der Waals surface area contributed by atoms with Crippen LogP contribution in [-0.4, -0.2) is 39.3 Å². The quantitative estimate of drug-likeness (QED) is 0.706. The molecule has 1 aromatic heterocycles. The second-order valence-corrected chi connectivity index (χ2v) is 3.34. The van der Waals surface area contributed by atoms with Crippen molar-refractivity contribution in [2.24, 2.45) is 7.05 Å². The molecule has 5 heteroatoms. The maximum Gasteiger partial charge on any atom is 0.272 e. The molecule has 0 fully saturated rings. The van der Waals surface area contributed by atoms with Gasteiger partial charge >= 0.3 is 0 Å². The number of carbonyl (C=O) groups is 1. The molecule has 0 N–H and O–H groups in total. The first-order valence-corrected chi connectivity index (χ1v) is 5.05. The van der Waals surface area contributed by atoms with E-state index in [2.05, 4.69) is 4.98 Å². The van der Waals surface area contributed by atoms with Gasteiger partial charge in [0.2, 0.25) is 0 Å². The lowest BCUT2D eigenvalue weighted by molar-refractivity contribution is 0.0764. The van der Waals surface area contributed by atoms with Crippen molar-refractivity contribution in [1.29, 1.82) is 0 Å². The third-order valence-electron chi connectivity index (χ3n) is 2.06. The average Bonchev–Trinajstić information content (AvgIpc) is 2.59. The van der Waals surface area contributed by atoms with Gasteiger partial charge in [-0.1, -0.05) is 0 Å². The summed E-state index contributed by atoms with van der Waals surface area (Å²) in [5, 5.41) is 0. The molecule has 0 unspecified atom stereocenters. The van der Waals surface area contributed by atoms with Crippen LogP contribution in [0.25, 0.3) is 0 Å². The number of alkyl halides is 1. The molecule has 14 heavy (non-hydrogen) atoms. The predicted molar refractivity (Wildman–Crippen MR) is 55.5 cm³/mol. The van der Waals surface area contributed by atoms with Crippen LogP contribution in [0.2, 0.25) is 0 Å². The number of halogens is 1. The number of nitrogens with zero attached hydrogens (tertiary/aromatic N) is 3. The van der Waals surface area contributed by atoms with Crippen LogP contribution in [0.4, 0.5) is 0 Å². The fourth-order valence-corrected chi connectivity index (χ4v) is 1.43. The van der Waals surface area contributed by atoms with Crippen molar-refractivity contribution in [3.8, 4) is 0 Å². The highest BCUT2D eigenvalue weighted by atomic mass is 35.5. The van der Waals surface area contributed by atoms with Crippen LogP contribution in [0.1, 0.15) is 17.4 Å². The molecule has 0 radical (unpaired) electrons. The second kappa shape index (κ2) is 5.00. The Morgan fingerprint density at radius 2 is 2.43 bits per heavy atom. The normalized spacial score (nSPS) is 10.2. The Balaban J connectivity index is 2.78. The van der Waals surface area contributed by atoms with Crippen LogP contribution in [-0.2, 0) is 7.05 Å². The lowest BCUT2D eigenvalue weighted by atomic mass is 10.3. The van der Waals surface area contributed by atoms with Gasteiger partial charge in [-0.15, -0.1) is 11.6 Å². The SMILES string of the molecule is CCN(CCCl)C(=O)c1cncn1C. The second-order valence-electron chi connectivity index (χ2n) is 2.96. The first-order chi connectivity index (χ1) is 6.70. The summed E-state index contributed by atoms with van der Waals surface area (Å²) in [6, 6.07) is 0. The van der Waals surface area contributed by atoms with E-state index in [1.807, 2.05) is 6.92 Å². The molecule has 0 spiro atoms. The van der Waals surface area contributed by atoms with Gasteiger partial charge < -0.3 is 9.47 Å². The lowest BCUT2D eigenvalue weighted by Crippen LogP contribution is -2.33. The number of rotatable bonds is 4. The Labute approximate surface area is 88.5 Å². The maximum atomic E-state index is 11.9. The number of hydrogen-bond donors (Lipinski definition) is 0. The summed E-state index contributed by atoms with van der Waals surface area (Å²) >= 11 is 5.60. The zero-order valence-electron chi connectivity index (χ0n) is 8.40. The molecule has 1 amide bonds. The van der Waals surface area contributed by atoms with Gasteiger partial charge in [0.1, 0.15) is 5.69 Å². The molecule has 0 aromatic carbocycles. The molecule has 0 aliphatic heterocycles. The number of hydrogen-bond acceptors (Lipinski definition) is 2. The smallest absolute Gasteiger partial charge is 0.272 e. The van der Waals surface area contributed by atoms with E-state index in [1.54, 1.807) is 29.0 Å². The van der Waals surface area contributed by atoms with Crippen molar-refractivity contribution in [2.75, 3.05) is 19.0 Å². The van der Waals surface area contributed by atoms with Crippen molar-refractivity contribution in [2.45, 2.75) is 6.92 Å². The Bertz CT molecular complexity index is 311. The summed E-state index contributed by atoms with van der Waals surface area (Å²) < 4.78 is 1.71. The van der Waals surface area contributed by atoms with E-state index < -0.39 is 0 Å². The number of aryl methyl sites for hydroxylation is 1. The van der Waals surface area contributed by atoms with E-state index in [-0.39, 0.29) is 5.91 Å². The highest BCUT2D eigenvalue weighted by Gasteiger charge is 2.15. The van der Waals surface area contributed by atoms with E-state index in [0.717, 1.165) is 0 Å². The zero-order valence-corrected chi connectivity index (χ0v) is 9.16. The van der Waals surface area contributed by atoms with Crippen LogP contribution >= 0.6 is 11.6 Å². The molecule has 78 valence electrons. The monoisotopic (exact) mass is 215 g/mol. The topological polar surface area (TPSA) is 38.1 Å². The minimum absolute atomic E-state index is 0.0202. The summed E-state index contributed by atoms with van der Waals surface area (Å²) in [6.45, 7) is 3.17. The van der Waals surface area contributed by atoms with Gasteiger partial charge in [-0.3, -0.25) is 4.79 Å². The van der Waals surface area contributed by atoms with E-state index in [9.17, 15) is 4.79 Å². The van der Waals surface area contributed by atoms with Crippen molar-refractivity contribution in [3.63, 3.8) is 0 Å². The number of carbonyl (C=O) groups excluding carboxylic acids is 1. The molecule has 1 aromatic rings. The summed E-state index contributed by atoms with van der Waals surface area (Å²) in [6.07, 6.45) is 3.18. The molecule has 1 heterocycles. The van der Waals surface area contributed by atoms with Gasteiger partial charge in [-0.2, -0.15) is 0 Å². The Morgan fingerprint density at radius 1 is 1.71 bits per heavy atom. The van der Waals surface area contributed by atoms with E-state index >= 15 is 0 Å². The number of aromatic nitrogens is 2. The Kier molecular flexibility index (Phi) is 3.95. The maximum absolute atomic E-state index is 11.9. The van der Waals surface area contributed by atoms with Gasteiger partial charge in [0.15, 0.2) is 0 Å². The zero-order chi connectivity index (χ0) is 10.6. The minimum atomic E-state index is -0.0202. The summed E-state index contributed by atoms with van der Waals surface area (Å²) in [5.41, 5.74) is 0.594. The third-order valence-corrected chi connectivity index (χ3v) is 2.23. The molecule has 1 rings (SSSR count). The minimum Gasteiger partial charge on any atom is -0.336 e. The summed E-state index contributed by atoms with van der Waals surface area (Å²) in [4.78, 5) is 17.5. The van der Waals surface area contributed by atoms with Crippen molar-refractivity contribution in [1.82, 2.24) is 14.5 Å². The molecule has 0 aliphatic rings. The standard InChI is InChI=1S/C9H14ClN3O/c1-3-13(5-4-10)9(14)8-6-11-7-12(8)2/h6-7H,3-5H2,1-2H3. The van der Waals surface area contributed by atoms with Crippen LogP contribution in [0.15, 0.2) is 12.5 Å². The first-order valence-electron chi connectivity index (χ1n) is 4.52. The highest BCUT2D eigenvalue weighted by molar-refractivity contribution is 6.18. The molecule has 0 saturated carbocycles. The molecule has 0 bridgehead atoms. The van der Waals surface area contributed by atoms with Crippen molar-refractivity contribution >= 4 is 17.5 Å². The highest BCUT2D eigenvalue weighted by Crippen LogP contribution is 2.03. The van der Waals surface area contributed by atoms with Gasteiger partial charge in [0.25, 0.3) is 5.91 Å². The lowest BCUT2D eigenvalue weighted by Gasteiger charge is -2.19. The largest absolute Gasteiger partial charge is 0.336 e. The van der Waals surface area contributed by atoms with E-state index in [4.69, 9.17) is 11.6 Å². The fraction of sp³-hybridized carbons (Fsp3) is 0.556. The van der Waals surface area contributed by atoms with E-state index in [1.165, 1.54) is 0 Å². The molecular weight excluding hydrogens is 202 g/mol.